The van der Waals surface area contributed by atoms with E-state index in [-0.39, 0.29) is 6.47 Å². The number of rotatable bonds is 6. The molecule has 0 aliphatic heterocycles. The van der Waals surface area contributed by atoms with Crippen molar-refractivity contribution < 1.29 is 4.65 Å². The van der Waals surface area contributed by atoms with Crippen molar-refractivity contribution >= 4 is 17.9 Å². The molecule has 4 heteroatoms. The molecule has 0 aromatic heterocycles. The maximum Gasteiger partial charge on any atom is 0.494 e. The van der Waals surface area contributed by atoms with E-state index in [1.807, 2.05) is 0 Å². The first-order valence-electron chi connectivity index (χ1n) is 4.97. The predicted molar refractivity (Wildman–Crippen MR) is 63.1 cm³/mol. The van der Waals surface area contributed by atoms with E-state index in [2.05, 4.69) is 38.4 Å². The third-order valence-electron chi connectivity index (χ3n) is 1.93. The molecule has 0 saturated carbocycles. The Balaban J connectivity index is 4.03. The van der Waals surface area contributed by atoms with Crippen LogP contribution in [0.15, 0.2) is 0 Å². The molecule has 0 rings (SSSR count). The lowest BCUT2D eigenvalue weighted by Gasteiger charge is -2.31. The highest BCUT2D eigenvalue weighted by atomic mass is 35.5. The molecule has 14 heavy (non-hydrogen) atoms. The van der Waals surface area contributed by atoms with Gasteiger partial charge in [0, 0.05) is 13.0 Å². The number of nitrogens with zero attached hydrogens (tertiary/aromatic N) is 1. The predicted octanol–water partition coefficient (Wildman–Crippen LogP) is 2.37. The summed E-state index contributed by atoms with van der Waals surface area (Å²) in [6.45, 7) is 8.52. The van der Waals surface area contributed by atoms with E-state index >= 15 is 0 Å². The number of terminal acetylenes is 1. The monoisotopic (exact) mass is 215 g/mol. The molecule has 0 radical (unpaired) electrons. The Labute approximate surface area is 93.0 Å². The fourth-order valence-corrected chi connectivity index (χ4v) is 1.91. The topological polar surface area (TPSA) is 12.5 Å². The van der Waals surface area contributed by atoms with Crippen LogP contribution in [-0.4, -0.2) is 30.0 Å². The Morgan fingerprint density at radius 1 is 1.36 bits per heavy atom. The average molecular weight is 216 g/mol. The Kier molecular flexibility index (Phi) is 7.09. The van der Waals surface area contributed by atoms with Crippen molar-refractivity contribution in [1.82, 2.24) is 4.81 Å². The number of hydrogen-bond acceptors (Lipinski definition) is 2. The molecule has 0 unspecified atom stereocenters. The van der Waals surface area contributed by atoms with Crippen LogP contribution in [0.5, 0.6) is 0 Å². The minimum atomic E-state index is -0.386. The van der Waals surface area contributed by atoms with Crippen molar-refractivity contribution in [3.63, 3.8) is 0 Å². The van der Waals surface area contributed by atoms with Gasteiger partial charge in [0.25, 0.3) is 0 Å². The molecule has 0 spiro atoms. The summed E-state index contributed by atoms with van der Waals surface area (Å²) in [6.07, 6.45) is 5.73. The SMILES string of the molecule is C#CCCOB(Cl)N(C(C)C)C(C)C. The molecule has 0 aliphatic rings. The van der Waals surface area contributed by atoms with E-state index in [0.717, 1.165) is 0 Å². The quantitative estimate of drug-likeness (QED) is 0.383. The molecule has 0 N–H and O–H groups in total. The smallest absolute Gasteiger partial charge is 0.407 e. The van der Waals surface area contributed by atoms with Gasteiger partial charge in [-0.1, -0.05) is 27.7 Å². The van der Waals surface area contributed by atoms with Gasteiger partial charge in [-0.15, -0.1) is 23.8 Å². The van der Waals surface area contributed by atoms with Crippen LogP contribution in [0.4, 0.5) is 0 Å². The zero-order valence-electron chi connectivity index (χ0n) is 9.46. The maximum absolute atomic E-state index is 6.11. The summed E-state index contributed by atoms with van der Waals surface area (Å²) in [4.78, 5) is 2.10. The first-order valence-corrected chi connectivity index (χ1v) is 5.41. The third-order valence-corrected chi connectivity index (χ3v) is 2.28. The van der Waals surface area contributed by atoms with Crippen LogP contribution in [0, 0.1) is 12.3 Å². The summed E-state index contributed by atoms with van der Waals surface area (Å²) in [5, 5.41) is 0. The molecule has 0 fully saturated rings. The molecule has 80 valence electrons. The molecule has 0 aliphatic carbocycles. The molecular formula is C10H19BClNO. The van der Waals surface area contributed by atoms with Gasteiger partial charge in [-0.25, -0.2) is 0 Å². The largest absolute Gasteiger partial charge is 0.494 e. The molecule has 0 amide bonds. The van der Waals surface area contributed by atoms with Crippen LogP contribution in [0.2, 0.25) is 0 Å². The highest BCUT2D eigenvalue weighted by molar-refractivity contribution is 7.01. The summed E-state index contributed by atoms with van der Waals surface area (Å²) in [5.74, 6) is 2.52. The van der Waals surface area contributed by atoms with E-state index in [1.54, 1.807) is 0 Å². The lowest BCUT2D eigenvalue weighted by molar-refractivity contribution is 0.228. The zero-order chi connectivity index (χ0) is 11.1. The normalized spacial score (nSPS) is 11.1. The van der Waals surface area contributed by atoms with Gasteiger partial charge in [0.05, 0.1) is 0 Å². The van der Waals surface area contributed by atoms with Crippen LogP contribution in [0.3, 0.4) is 0 Å². The van der Waals surface area contributed by atoms with E-state index < -0.39 is 0 Å². The summed E-state index contributed by atoms with van der Waals surface area (Å²) < 4.78 is 5.42. The summed E-state index contributed by atoms with van der Waals surface area (Å²) >= 11 is 6.11. The Bertz CT molecular complexity index is 183. The van der Waals surface area contributed by atoms with Crippen LogP contribution >= 0.6 is 11.5 Å². The fourth-order valence-electron chi connectivity index (χ4n) is 1.37. The second-order valence-electron chi connectivity index (χ2n) is 3.75. The first-order chi connectivity index (χ1) is 6.50. The molecule has 0 aromatic rings. The lowest BCUT2D eigenvalue weighted by Crippen LogP contribution is -2.47. The van der Waals surface area contributed by atoms with Crippen LogP contribution in [-0.2, 0) is 4.65 Å². The van der Waals surface area contributed by atoms with Crippen molar-refractivity contribution in [1.29, 1.82) is 0 Å². The molecule has 0 saturated heterocycles. The van der Waals surface area contributed by atoms with E-state index in [9.17, 15) is 0 Å². The minimum absolute atomic E-state index is 0.364. The van der Waals surface area contributed by atoms with Gasteiger partial charge < -0.3 is 4.65 Å². The number of hydrogen-bond donors (Lipinski definition) is 0. The van der Waals surface area contributed by atoms with Crippen molar-refractivity contribution in [2.45, 2.75) is 46.2 Å². The second-order valence-corrected chi connectivity index (χ2v) is 4.13. The van der Waals surface area contributed by atoms with Crippen molar-refractivity contribution in [2.75, 3.05) is 6.61 Å². The molecule has 0 heterocycles. The maximum atomic E-state index is 6.11. The molecule has 0 aromatic carbocycles. The van der Waals surface area contributed by atoms with Crippen molar-refractivity contribution in [3.05, 3.63) is 0 Å². The van der Waals surface area contributed by atoms with Gasteiger partial charge in [0.1, 0.15) is 0 Å². The highest BCUT2D eigenvalue weighted by Gasteiger charge is 2.27. The lowest BCUT2D eigenvalue weighted by atomic mass is 10.0. The summed E-state index contributed by atoms with van der Waals surface area (Å²) in [5.41, 5.74) is 0. The van der Waals surface area contributed by atoms with E-state index in [0.29, 0.717) is 25.1 Å². The fraction of sp³-hybridized carbons (Fsp3) is 0.800. The van der Waals surface area contributed by atoms with Crippen LogP contribution in [0.1, 0.15) is 34.1 Å². The Hall–Kier alpha value is -0.165. The molecular weight excluding hydrogens is 196 g/mol. The van der Waals surface area contributed by atoms with Gasteiger partial charge in [0.15, 0.2) is 0 Å². The molecule has 0 atom stereocenters. The van der Waals surface area contributed by atoms with Crippen LogP contribution in [0.25, 0.3) is 0 Å². The standard InChI is InChI=1S/C10H19BClNO/c1-6-7-8-14-11(12)13(9(2)3)10(4)5/h1,9-10H,7-8H2,2-5H3. The number of halogens is 1. The van der Waals surface area contributed by atoms with E-state index in [4.69, 9.17) is 22.5 Å². The van der Waals surface area contributed by atoms with Crippen LogP contribution < -0.4 is 0 Å². The Morgan fingerprint density at radius 3 is 2.21 bits per heavy atom. The van der Waals surface area contributed by atoms with Gasteiger partial charge in [-0.3, -0.25) is 4.81 Å². The van der Waals surface area contributed by atoms with Crippen molar-refractivity contribution in [2.24, 2.45) is 0 Å². The molecule has 0 bridgehead atoms. The van der Waals surface area contributed by atoms with E-state index in [1.165, 1.54) is 0 Å². The average Bonchev–Trinajstić information content (AvgIpc) is 2.03. The Morgan fingerprint density at radius 2 is 1.86 bits per heavy atom. The second kappa shape index (κ2) is 7.17. The highest BCUT2D eigenvalue weighted by Crippen LogP contribution is 2.11. The third kappa shape index (κ3) is 4.90. The molecule has 2 nitrogen and oxygen atoms in total. The van der Waals surface area contributed by atoms with Gasteiger partial charge in [-0.2, -0.15) is 0 Å². The van der Waals surface area contributed by atoms with Gasteiger partial charge in [-0.05, 0) is 12.1 Å². The van der Waals surface area contributed by atoms with Crippen molar-refractivity contribution in [3.8, 4) is 12.3 Å². The first kappa shape index (κ1) is 13.8. The summed E-state index contributed by atoms with van der Waals surface area (Å²) in [7, 11) is 0. The minimum Gasteiger partial charge on any atom is -0.407 e. The zero-order valence-corrected chi connectivity index (χ0v) is 10.2. The van der Waals surface area contributed by atoms with Gasteiger partial charge in [0.2, 0.25) is 0 Å². The van der Waals surface area contributed by atoms with Gasteiger partial charge >= 0.3 is 6.47 Å². The summed E-state index contributed by atoms with van der Waals surface area (Å²) in [6, 6.07) is 0.728.